The van der Waals surface area contributed by atoms with Crippen LogP contribution in [0.15, 0.2) is 170 Å². The van der Waals surface area contributed by atoms with Gasteiger partial charge in [0.15, 0.2) is 0 Å². The van der Waals surface area contributed by atoms with E-state index in [2.05, 4.69) is 191 Å². The lowest BCUT2D eigenvalue weighted by atomic mass is 9.90. The standard InChI is InChI=1S/C54H36N2S2/c1-3-12-36(13-4-1)55-45-19-9-7-16-39(45)42-30-33(22-26-46(42)55)34-24-29-50-44(31-34)52-38(18-11-21-51(52)57-50)35-23-27-47-43(32-35)53-48(56(47)37-14-5-2-6-15-37)28-25-41-40-17-8-10-20-49(40)58-54(41)53/h1-14,16-21,23-33,37H,15,22H2. The third kappa shape index (κ3) is 4.70. The summed E-state index contributed by atoms with van der Waals surface area (Å²) in [5.41, 5.74) is 9.04. The predicted octanol–water partition coefficient (Wildman–Crippen LogP) is 13.9. The van der Waals surface area contributed by atoms with Crippen LogP contribution in [0.1, 0.15) is 30.4 Å². The van der Waals surface area contributed by atoms with Crippen molar-refractivity contribution < 1.29 is 0 Å². The van der Waals surface area contributed by atoms with Gasteiger partial charge in [0.25, 0.3) is 0 Å². The highest BCUT2D eigenvalue weighted by molar-refractivity contribution is 7.27. The Morgan fingerprint density at radius 3 is 2.28 bits per heavy atom. The lowest BCUT2D eigenvalue weighted by Crippen LogP contribution is -2.31. The molecule has 2 aliphatic rings. The average molecular weight is 777 g/mol. The topological polar surface area (TPSA) is 9.86 Å². The van der Waals surface area contributed by atoms with Crippen molar-refractivity contribution in [3.63, 3.8) is 0 Å². The van der Waals surface area contributed by atoms with Crippen molar-refractivity contribution in [3.8, 4) is 16.8 Å². The van der Waals surface area contributed by atoms with Crippen molar-refractivity contribution in [2.24, 2.45) is 0 Å². The van der Waals surface area contributed by atoms with Gasteiger partial charge in [-0.3, -0.25) is 0 Å². The molecule has 0 aliphatic heterocycles. The molecule has 4 heterocycles. The molecule has 4 aromatic heterocycles. The molecular formula is C54H36N2S2. The number of para-hydroxylation sites is 2. The predicted molar refractivity (Wildman–Crippen MR) is 251 cm³/mol. The Morgan fingerprint density at radius 1 is 0.534 bits per heavy atom. The number of rotatable bonds is 4. The maximum atomic E-state index is 2.59. The highest BCUT2D eigenvalue weighted by Crippen LogP contribution is 2.47. The molecule has 0 spiro atoms. The molecule has 0 fully saturated rings. The molecule has 2 nitrogen and oxygen atoms in total. The maximum Gasteiger partial charge on any atom is 0.0560 e. The summed E-state index contributed by atoms with van der Waals surface area (Å²) in [4.78, 5) is 0. The van der Waals surface area contributed by atoms with Gasteiger partial charge >= 0.3 is 0 Å². The summed E-state index contributed by atoms with van der Waals surface area (Å²) in [7, 11) is 0. The number of allylic oxidation sites excluding steroid dienone is 4. The molecule has 2 aliphatic carbocycles. The minimum Gasteiger partial charge on any atom is -0.333 e. The van der Waals surface area contributed by atoms with E-state index in [1.54, 1.807) is 0 Å². The van der Waals surface area contributed by atoms with E-state index in [0.717, 1.165) is 12.8 Å². The fraction of sp³-hybridized carbons (Fsp3) is 0.0741. The van der Waals surface area contributed by atoms with E-state index in [9.17, 15) is 0 Å². The third-order valence-corrected chi connectivity index (χ3v) is 15.1. The van der Waals surface area contributed by atoms with Crippen LogP contribution in [0.5, 0.6) is 0 Å². The second-order valence-electron chi connectivity index (χ2n) is 15.9. The Hall–Kier alpha value is -6.46. The van der Waals surface area contributed by atoms with Crippen LogP contribution in [-0.4, -0.2) is 9.13 Å². The molecular weight excluding hydrogens is 741 g/mol. The smallest absolute Gasteiger partial charge is 0.0560 e. The van der Waals surface area contributed by atoms with E-state index in [4.69, 9.17) is 0 Å². The first-order chi connectivity index (χ1) is 28.8. The Bertz CT molecular complexity index is 3700. The van der Waals surface area contributed by atoms with Crippen LogP contribution in [0.2, 0.25) is 0 Å². The van der Waals surface area contributed by atoms with Gasteiger partial charge in [-0.05, 0) is 90.2 Å². The molecule has 0 saturated heterocycles. The van der Waals surface area contributed by atoms with E-state index in [1.807, 2.05) is 22.7 Å². The highest BCUT2D eigenvalue weighted by atomic mass is 32.1. The molecule has 0 bridgehead atoms. The molecule has 4 heteroatoms. The maximum absolute atomic E-state index is 2.59. The van der Waals surface area contributed by atoms with E-state index in [0.29, 0.717) is 5.92 Å². The van der Waals surface area contributed by atoms with Gasteiger partial charge in [0.1, 0.15) is 0 Å². The molecule has 0 N–H and O–H groups in total. The van der Waals surface area contributed by atoms with Crippen molar-refractivity contribution in [2.75, 3.05) is 0 Å². The Morgan fingerprint density at radius 2 is 1.36 bits per heavy atom. The number of nitrogens with zero attached hydrogens (tertiary/aromatic N) is 2. The molecule has 7 aromatic carbocycles. The minimum absolute atomic E-state index is 0.283. The largest absolute Gasteiger partial charge is 0.333 e. The van der Waals surface area contributed by atoms with Gasteiger partial charge in [-0.2, -0.15) is 0 Å². The molecule has 13 rings (SSSR count). The Balaban J connectivity index is 0.999. The summed E-state index contributed by atoms with van der Waals surface area (Å²) >= 11 is 3.85. The number of fused-ring (bicyclic) bond motifs is 13. The summed E-state index contributed by atoms with van der Waals surface area (Å²) in [6, 6.07) is 55.0. The summed E-state index contributed by atoms with van der Waals surface area (Å²) < 4.78 is 10.4. The summed E-state index contributed by atoms with van der Waals surface area (Å²) in [5, 5.41) is 12.1. The van der Waals surface area contributed by atoms with Crippen molar-refractivity contribution >= 4 is 108 Å². The number of aromatic nitrogens is 2. The summed E-state index contributed by atoms with van der Waals surface area (Å²) in [5.74, 6) is 0.295. The highest BCUT2D eigenvalue weighted by Gasteiger charge is 2.23. The fourth-order valence-corrected chi connectivity index (χ4v) is 12.5. The molecule has 274 valence electrons. The van der Waals surface area contributed by atoms with Crippen LogP contribution < -0.4 is 10.6 Å². The molecule has 0 radical (unpaired) electrons. The average Bonchev–Trinajstić information content (AvgIpc) is 4.04. The van der Waals surface area contributed by atoms with E-state index in [-0.39, 0.29) is 6.04 Å². The quantitative estimate of drug-likeness (QED) is 0.168. The fourth-order valence-electron chi connectivity index (χ4n) is 10.2. The summed E-state index contributed by atoms with van der Waals surface area (Å²) in [6.07, 6.45) is 16.0. The Labute approximate surface area is 342 Å². The van der Waals surface area contributed by atoms with Gasteiger partial charge < -0.3 is 9.13 Å². The van der Waals surface area contributed by atoms with Crippen molar-refractivity contribution in [2.45, 2.75) is 24.8 Å². The zero-order valence-corrected chi connectivity index (χ0v) is 33.2. The lowest BCUT2D eigenvalue weighted by Gasteiger charge is -2.18. The zero-order valence-electron chi connectivity index (χ0n) is 31.6. The van der Waals surface area contributed by atoms with Crippen molar-refractivity contribution in [1.29, 1.82) is 0 Å². The van der Waals surface area contributed by atoms with E-state index in [1.165, 1.54) is 106 Å². The van der Waals surface area contributed by atoms with Gasteiger partial charge in [-0.1, -0.05) is 121 Å². The monoisotopic (exact) mass is 776 g/mol. The van der Waals surface area contributed by atoms with Gasteiger partial charge in [0.2, 0.25) is 0 Å². The first-order valence-electron chi connectivity index (χ1n) is 20.3. The zero-order chi connectivity index (χ0) is 37.9. The SMILES string of the molecule is C1=CCC(n2c3ccc(-c4cccc5sc6ccc(C7C=c8c(n(-c9ccccc9)c9ccccc89)=CC7)cc6c45)cc3c3c4sc5ccccc5c4ccc32)C=C1. The first kappa shape index (κ1) is 32.6. The second kappa shape index (κ2) is 12.5. The molecule has 0 saturated carbocycles. The summed E-state index contributed by atoms with van der Waals surface area (Å²) in [6.45, 7) is 0. The number of hydrogen-bond acceptors (Lipinski definition) is 2. The number of benzene rings is 7. The van der Waals surface area contributed by atoms with Gasteiger partial charge in [0.05, 0.1) is 17.1 Å². The number of hydrogen-bond donors (Lipinski definition) is 0. The molecule has 11 aromatic rings. The molecule has 2 atom stereocenters. The Kier molecular flexibility index (Phi) is 7.04. The van der Waals surface area contributed by atoms with Gasteiger partial charge in [-0.15, -0.1) is 22.7 Å². The van der Waals surface area contributed by atoms with Crippen molar-refractivity contribution in [3.05, 3.63) is 186 Å². The lowest BCUT2D eigenvalue weighted by molar-refractivity contribution is 0.648. The van der Waals surface area contributed by atoms with Crippen molar-refractivity contribution in [1.82, 2.24) is 9.13 Å². The van der Waals surface area contributed by atoms with E-state index < -0.39 is 0 Å². The van der Waals surface area contributed by atoms with Crippen LogP contribution in [0.25, 0.3) is 102 Å². The van der Waals surface area contributed by atoms with Crippen LogP contribution in [0.4, 0.5) is 0 Å². The van der Waals surface area contributed by atoms with Gasteiger partial charge in [-0.25, -0.2) is 0 Å². The van der Waals surface area contributed by atoms with Crippen LogP contribution in [-0.2, 0) is 0 Å². The van der Waals surface area contributed by atoms with Crippen LogP contribution >= 0.6 is 22.7 Å². The van der Waals surface area contributed by atoms with Crippen LogP contribution in [0, 0.1) is 0 Å². The first-order valence-corrected chi connectivity index (χ1v) is 21.9. The van der Waals surface area contributed by atoms with E-state index >= 15 is 0 Å². The normalized spacial score (nSPS) is 16.6. The molecule has 58 heavy (non-hydrogen) atoms. The number of thiophene rings is 2. The molecule has 2 unspecified atom stereocenters. The third-order valence-electron chi connectivity index (χ3n) is 12.8. The van der Waals surface area contributed by atoms with Crippen LogP contribution in [0.3, 0.4) is 0 Å². The minimum atomic E-state index is 0.283. The van der Waals surface area contributed by atoms with Gasteiger partial charge in [0, 0.05) is 84.2 Å². The second-order valence-corrected chi connectivity index (χ2v) is 18.0. The molecule has 0 amide bonds.